The average Bonchev–Trinajstić information content (AvgIpc) is 2.94. The second-order valence-corrected chi connectivity index (χ2v) is 7.79. The van der Waals surface area contributed by atoms with Gasteiger partial charge in [-0.05, 0) is 84.1 Å². The quantitative estimate of drug-likeness (QED) is 0.496. The number of benzene rings is 2. The lowest BCUT2D eigenvalue weighted by molar-refractivity contribution is -0.115. The molecule has 0 saturated carbocycles. The summed E-state index contributed by atoms with van der Waals surface area (Å²) >= 11 is 3.33. The van der Waals surface area contributed by atoms with Gasteiger partial charge in [0.1, 0.15) is 0 Å². The van der Waals surface area contributed by atoms with E-state index in [1.165, 1.54) is 11.8 Å². The molecule has 0 spiro atoms. The van der Waals surface area contributed by atoms with Crippen LogP contribution >= 0.6 is 34.4 Å². The maximum Gasteiger partial charge on any atom is 0.264 e. The molecule has 7 heteroatoms. The summed E-state index contributed by atoms with van der Waals surface area (Å²) in [7, 11) is 0. The summed E-state index contributed by atoms with van der Waals surface area (Å²) in [6.07, 6.45) is 1.77. The Bertz CT molecular complexity index is 908. The van der Waals surface area contributed by atoms with Crippen LogP contribution in [0.4, 0.5) is 5.69 Å². The van der Waals surface area contributed by atoms with E-state index in [1.54, 1.807) is 18.2 Å². The van der Waals surface area contributed by atoms with Crippen LogP contribution in [0.3, 0.4) is 0 Å². The smallest absolute Gasteiger partial charge is 0.264 e. The second kappa shape index (κ2) is 8.13. The molecule has 1 aliphatic heterocycles. The van der Waals surface area contributed by atoms with Gasteiger partial charge in [0.25, 0.3) is 5.91 Å². The lowest BCUT2D eigenvalue weighted by Crippen LogP contribution is -2.19. The predicted molar refractivity (Wildman–Crippen MR) is 114 cm³/mol. The van der Waals surface area contributed by atoms with E-state index in [2.05, 4.69) is 10.3 Å². The molecule has 0 aliphatic carbocycles. The number of rotatable bonds is 4. The number of halogens is 1. The van der Waals surface area contributed by atoms with E-state index in [4.69, 9.17) is 4.74 Å². The summed E-state index contributed by atoms with van der Waals surface area (Å²) in [5.41, 5.74) is 2.73. The largest absolute Gasteiger partial charge is 0.504 e. The zero-order valence-electron chi connectivity index (χ0n) is 14.2. The van der Waals surface area contributed by atoms with E-state index < -0.39 is 0 Å². The van der Waals surface area contributed by atoms with E-state index in [-0.39, 0.29) is 11.7 Å². The van der Waals surface area contributed by atoms with E-state index in [0.29, 0.717) is 26.0 Å². The number of nitrogens with one attached hydrogen (secondary N) is 1. The molecule has 2 aromatic rings. The molecule has 2 N–H and O–H groups in total. The van der Waals surface area contributed by atoms with Crippen LogP contribution in [0, 0.1) is 10.5 Å². The summed E-state index contributed by atoms with van der Waals surface area (Å²) in [6, 6.07) is 11.3. The van der Waals surface area contributed by atoms with Gasteiger partial charge in [0.2, 0.25) is 0 Å². The fraction of sp³-hybridized carbons (Fsp3) is 0.158. The first-order valence-electron chi connectivity index (χ1n) is 7.98. The Morgan fingerprint density at radius 3 is 2.73 bits per heavy atom. The molecule has 0 radical (unpaired) electrons. The van der Waals surface area contributed by atoms with Crippen LogP contribution in [-0.4, -0.2) is 22.8 Å². The zero-order chi connectivity index (χ0) is 18.7. The molecular formula is C19H17IN2O3S. The fourth-order valence-corrected chi connectivity index (χ4v) is 3.78. The molecule has 0 aromatic heterocycles. The number of hydrogen-bond donors (Lipinski definition) is 2. The minimum atomic E-state index is -0.193. The number of carbonyl (C=O) groups excluding carboxylic acids is 1. The van der Waals surface area contributed by atoms with Gasteiger partial charge in [0.15, 0.2) is 16.7 Å². The van der Waals surface area contributed by atoms with E-state index >= 15 is 0 Å². The van der Waals surface area contributed by atoms with Gasteiger partial charge in [-0.2, -0.15) is 0 Å². The van der Waals surface area contributed by atoms with Crippen molar-refractivity contribution in [2.45, 2.75) is 13.8 Å². The topological polar surface area (TPSA) is 70.9 Å². The summed E-state index contributed by atoms with van der Waals surface area (Å²) in [4.78, 5) is 17.2. The minimum absolute atomic E-state index is 0.111. The van der Waals surface area contributed by atoms with Gasteiger partial charge in [-0.25, -0.2) is 4.99 Å². The van der Waals surface area contributed by atoms with Crippen molar-refractivity contribution < 1.29 is 14.6 Å². The second-order valence-electron chi connectivity index (χ2n) is 5.60. The predicted octanol–water partition coefficient (Wildman–Crippen LogP) is 4.60. The normalized spacial score (nSPS) is 17.0. The van der Waals surface area contributed by atoms with E-state index in [1.807, 2.05) is 60.7 Å². The van der Waals surface area contributed by atoms with Crippen LogP contribution < -0.4 is 10.1 Å². The molecule has 1 saturated heterocycles. The van der Waals surface area contributed by atoms with Crippen molar-refractivity contribution in [3.63, 3.8) is 0 Å². The van der Waals surface area contributed by atoms with Gasteiger partial charge >= 0.3 is 0 Å². The number of phenolic OH excluding ortho intramolecular Hbond substituents is 1. The molecule has 0 unspecified atom stereocenters. The van der Waals surface area contributed by atoms with Crippen molar-refractivity contribution in [3.05, 3.63) is 56.0 Å². The Hall–Kier alpha value is -2.00. The van der Waals surface area contributed by atoms with E-state index in [0.717, 1.165) is 16.8 Å². The standard InChI is InChI=1S/C19H17IN2O3S/c1-3-25-15-9-12(8-14(20)17(15)23)10-16-18(24)22-19(26-16)21-13-6-4-11(2)5-7-13/h4-10,23H,3H2,1-2H3,(H,21,22,24)/b16-10-. The highest BCUT2D eigenvalue weighted by atomic mass is 127. The van der Waals surface area contributed by atoms with Crippen molar-refractivity contribution in [3.8, 4) is 11.5 Å². The van der Waals surface area contributed by atoms with Gasteiger partial charge in [0.05, 0.1) is 20.8 Å². The Labute approximate surface area is 169 Å². The highest BCUT2D eigenvalue weighted by molar-refractivity contribution is 14.1. The van der Waals surface area contributed by atoms with Gasteiger partial charge < -0.3 is 15.2 Å². The number of phenols is 1. The number of carbonyl (C=O) groups is 1. The first kappa shape index (κ1) is 18.8. The first-order chi connectivity index (χ1) is 12.5. The molecule has 0 atom stereocenters. The fourth-order valence-electron chi connectivity index (χ4n) is 2.31. The van der Waals surface area contributed by atoms with Crippen LogP contribution in [0.5, 0.6) is 11.5 Å². The SMILES string of the molecule is CCOc1cc(/C=C2\SC(=Nc3ccc(C)cc3)NC2=O)cc(I)c1O. The Morgan fingerprint density at radius 1 is 1.31 bits per heavy atom. The number of amides is 1. The lowest BCUT2D eigenvalue weighted by atomic mass is 10.2. The number of amidine groups is 1. The van der Waals surface area contributed by atoms with Crippen molar-refractivity contribution in [2.75, 3.05) is 6.61 Å². The number of ether oxygens (including phenoxy) is 1. The number of aryl methyl sites for hydroxylation is 1. The molecule has 2 aromatic carbocycles. The van der Waals surface area contributed by atoms with Gasteiger partial charge in [-0.1, -0.05) is 17.7 Å². The monoisotopic (exact) mass is 480 g/mol. The molecular weight excluding hydrogens is 463 g/mol. The Morgan fingerprint density at radius 2 is 2.04 bits per heavy atom. The van der Waals surface area contributed by atoms with Crippen LogP contribution in [-0.2, 0) is 4.79 Å². The third-order valence-corrected chi connectivity index (χ3v) is 5.30. The lowest BCUT2D eigenvalue weighted by Gasteiger charge is -2.08. The molecule has 3 rings (SSSR count). The van der Waals surface area contributed by atoms with Crippen LogP contribution in [0.25, 0.3) is 6.08 Å². The number of aliphatic imine (C=N–C) groups is 1. The van der Waals surface area contributed by atoms with Crippen LogP contribution in [0.15, 0.2) is 46.3 Å². The average molecular weight is 480 g/mol. The number of aromatic hydroxyl groups is 1. The van der Waals surface area contributed by atoms with Gasteiger partial charge in [-0.15, -0.1) is 0 Å². The van der Waals surface area contributed by atoms with Crippen molar-refractivity contribution in [1.29, 1.82) is 0 Å². The minimum Gasteiger partial charge on any atom is -0.504 e. The molecule has 0 bridgehead atoms. The number of thioether (sulfide) groups is 1. The first-order valence-corrected chi connectivity index (χ1v) is 9.87. The highest BCUT2D eigenvalue weighted by Gasteiger charge is 2.24. The maximum absolute atomic E-state index is 12.2. The molecule has 1 aliphatic rings. The molecule has 134 valence electrons. The third-order valence-electron chi connectivity index (χ3n) is 3.56. The van der Waals surface area contributed by atoms with Crippen LogP contribution in [0.2, 0.25) is 0 Å². The Kier molecular flexibility index (Phi) is 5.87. The summed E-state index contributed by atoms with van der Waals surface area (Å²) in [5, 5.41) is 13.4. The molecule has 1 heterocycles. The summed E-state index contributed by atoms with van der Waals surface area (Å²) in [6.45, 7) is 4.32. The Balaban J connectivity index is 1.86. The van der Waals surface area contributed by atoms with Gasteiger partial charge in [-0.3, -0.25) is 4.79 Å². The van der Waals surface area contributed by atoms with Crippen molar-refractivity contribution in [2.24, 2.45) is 4.99 Å². The highest BCUT2D eigenvalue weighted by Crippen LogP contribution is 2.35. The zero-order valence-corrected chi connectivity index (χ0v) is 17.2. The number of nitrogens with zero attached hydrogens (tertiary/aromatic N) is 1. The molecule has 26 heavy (non-hydrogen) atoms. The number of hydrogen-bond acceptors (Lipinski definition) is 5. The molecule has 1 amide bonds. The maximum atomic E-state index is 12.2. The van der Waals surface area contributed by atoms with Gasteiger partial charge in [0, 0.05) is 0 Å². The van der Waals surface area contributed by atoms with Crippen LogP contribution in [0.1, 0.15) is 18.1 Å². The molecule has 5 nitrogen and oxygen atoms in total. The molecule has 1 fully saturated rings. The summed E-state index contributed by atoms with van der Waals surface area (Å²) in [5.74, 6) is 0.324. The van der Waals surface area contributed by atoms with E-state index in [9.17, 15) is 9.90 Å². The van der Waals surface area contributed by atoms with Crippen molar-refractivity contribution in [1.82, 2.24) is 5.32 Å². The summed E-state index contributed by atoms with van der Waals surface area (Å²) < 4.78 is 6.11. The third kappa shape index (κ3) is 4.39. The van der Waals surface area contributed by atoms with Crippen molar-refractivity contribution >= 4 is 57.2 Å².